The molecule has 7 nitrogen and oxygen atoms in total. The lowest BCUT2D eigenvalue weighted by Gasteiger charge is -2.39. The van der Waals surface area contributed by atoms with Crippen LogP contribution < -0.4 is 9.62 Å². The maximum atomic E-state index is 11.9. The predicted octanol–water partition coefficient (Wildman–Crippen LogP) is 2.96. The highest BCUT2D eigenvalue weighted by molar-refractivity contribution is 7.88. The van der Waals surface area contributed by atoms with Crippen LogP contribution in [0.25, 0.3) is 0 Å². The van der Waals surface area contributed by atoms with E-state index in [0.717, 1.165) is 32.2 Å². The van der Waals surface area contributed by atoms with Gasteiger partial charge in [0, 0.05) is 37.4 Å². The maximum Gasteiger partial charge on any atom is 0.225 e. The van der Waals surface area contributed by atoms with Crippen LogP contribution in [0, 0.1) is 5.92 Å². The van der Waals surface area contributed by atoms with E-state index in [1.807, 2.05) is 0 Å². The van der Waals surface area contributed by atoms with Crippen LogP contribution in [0.4, 0.5) is 5.95 Å². The van der Waals surface area contributed by atoms with E-state index in [9.17, 15) is 8.42 Å². The lowest BCUT2D eigenvalue weighted by atomic mass is 9.82. The molecule has 0 amide bonds. The van der Waals surface area contributed by atoms with Crippen LogP contribution in [0.2, 0.25) is 0 Å². The van der Waals surface area contributed by atoms with Crippen molar-refractivity contribution in [1.82, 2.24) is 14.7 Å². The van der Waals surface area contributed by atoms with Crippen molar-refractivity contribution in [2.75, 3.05) is 30.9 Å². The fourth-order valence-corrected chi connectivity index (χ4v) is 5.68. The van der Waals surface area contributed by atoms with Crippen LogP contribution in [0.15, 0.2) is 48.8 Å². The minimum Gasteiger partial charge on any atom is -0.378 e. The molecule has 0 spiro atoms. The minimum atomic E-state index is -3.28. The van der Waals surface area contributed by atoms with Gasteiger partial charge in [0.25, 0.3) is 0 Å². The van der Waals surface area contributed by atoms with Gasteiger partial charge in [0.05, 0.1) is 19.0 Å². The number of hydrogen-bond donors (Lipinski definition) is 1. The summed E-state index contributed by atoms with van der Waals surface area (Å²) in [7, 11) is -3.28. The minimum absolute atomic E-state index is 0.0547. The van der Waals surface area contributed by atoms with E-state index in [1.54, 1.807) is 18.5 Å². The van der Waals surface area contributed by atoms with Crippen LogP contribution in [0.3, 0.4) is 0 Å². The van der Waals surface area contributed by atoms with E-state index in [4.69, 9.17) is 4.74 Å². The van der Waals surface area contributed by atoms with Crippen LogP contribution in [-0.2, 0) is 14.8 Å². The Labute approximate surface area is 185 Å². The SMILES string of the molecule is CS(=O)(=O)N[C@H]1CCN(c2ncccn2)C[C@H]1COC1CCC(c2ccccc2)CC1. The molecule has 1 saturated carbocycles. The molecule has 0 bridgehead atoms. The monoisotopic (exact) mass is 444 g/mol. The highest BCUT2D eigenvalue weighted by atomic mass is 32.2. The zero-order valence-corrected chi connectivity index (χ0v) is 18.9. The van der Waals surface area contributed by atoms with E-state index in [0.29, 0.717) is 31.4 Å². The Morgan fingerprint density at radius 2 is 1.74 bits per heavy atom. The summed E-state index contributed by atoms with van der Waals surface area (Å²) < 4.78 is 32.9. The molecule has 1 saturated heterocycles. The summed E-state index contributed by atoms with van der Waals surface area (Å²) in [5.74, 6) is 1.36. The van der Waals surface area contributed by atoms with Gasteiger partial charge in [-0.1, -0.05) is 30.3 Å². The molecular weight excluding hydrogens is 412 g/mol. The van der Waals surface area contributed by atoms with Crippen LogP contribution in [0.1, 0.15) is 43.6 Å². The second kappa shape index (κ2) is 10.1. The number of hydrogen-bond acceptors (Lipinski definition) is 6. The summed E-state index contributed by atoms with van der Waals surface area (Å²) in [4.78, 5) is 10.8. The summed E-state index contributed by atoms with van der Waals surface area (Å²) >= 11 is 0. The molecule has 31 heavy (non-hydrogen) atoms. The van der Waals surface area contributed by atoms with Gasteiger partial charge in [0.1, 0.15) is 0 Å². The van der Waals surface area contributed by atoms with E-state index < -0.39 is 10.0 Å². The third-order valence-corrected chi connectivity index (χ3v) is 7.16. The lowest BCUT2D eigenvalue weighted by Crippen LogP contribution is -2.53. The average molecular weight is 445 g/mol. The molecule has 2 atom stereocenters. The zero-order valence-electron chi connectivity index (χ0n) is 18.1. The van der Waals surface area contributed by atoms with E-state index in [1.165, 1.54) is 11.8 Å². The van der Waals surface area contributed by atoms with Crippen LogP contribution in [-0.4, -0.2) is 56.5 Å². The molecule has 4 rings (SSSR count). The third kappa shape index (κ3) is 6.24. The van der Waals surface area contributed by atoms with Gasteiger partial charge in [-0.3, -0.25) is 0 Å². The number of nitrogens with zero attached hydrogens (tertiary/aromatic N) is 3. The number of benzene rings is 1. The Morgan fingerprint density at radius 3 is 2.42 bits per heavy atom. The highest BCUT2D eigenvalue weighted by Gasteiger charge is 2.33. The Hall–Kier alpha value is -2.03. The van der Waals surface area contributed by atoms with Crippen molar-refractivity contribution in [3.63, 3.8) is 0 Å². The van der Waals surface area contributed by atoms with E-state index in [-0.39, 0.29) is 18.1 Å². The standard InChI is InChI=1S/C23H32N4O3S/c1-31(28,29)26-22-12-15-27(23-24-13-5-14-25-23)16-20(22)17-30-21-10-8-19(9-11-21)18-6-3-2-4-7-18/h2-7,13-14,19-22,26H,8-12,15-17H2,1H3/t19?,20-,21?,22-/m0/s1. The fraction of sp³-hybridized carbons (Fsp3) is 0.565. The lowest BCUT2D eigenvalue weighted by molar-refractivity contribution is -0.00217. The molecule has 0 radical (unpaired) electrons. The molecule has 2 aliphatic rings. The Kier molecular flexibility index (Phi) is 7.20. The van der Waals surface area contributed by atoms with Gasteiger partial charge in [-0.25, -0.2) is 23.1 Å². The summed E-state index contributed by atoms with van der Waals surface area (Å²) in [5, 5.41) is 0. The number of rotatable bonds is 7. The van der Waals surface area contributed by atoms with E-state index >= 15 is 0 Å². The molecule has 1 aromatic heterocycles. The van der Waals surface area contributed by atoms with Gasteiger partial charge in [-0.15, -0.1) is 0 Å². The Bertz CT molecular complexity index is 918. The van der Waals surface area contributed by atoms with Gasteiger partial charge in [0.2, 0.25) is 16.0 Å². The number of aromatic nitrogens is 2. The molecule has 1 aliphatic heterocycles. The van der Waals surface area contributed by atoms with Gasteiger partial charge in [-0.05, 0) is 49.7 Å². The maximum absolute atomic E-state index is 11.9. The molecule has 2 heterocycles. The van der Waals surface area contributed by atoms with Crippen molar-refractivity contribution >= 4 is 16.0 Å². The largest absolute Gasteiger partial charge is 0.378 e. The van der Waals surface area contributed by atoms with Crippen molar-refractivity contribution in [1.29, 1.82) is 0 Å². The molecule has 1 N–H and O–H groups in total. The van der Waals surface area contributed by atoms with Crippen LogP contribution >= 0.6 is 0 Å². The van der Waals surface area contributed by atoms with Crippen molar-refractivity contribution in [2.24, 2.45) is 5.92 Å². The molecule has 0 unspecified atom stereocenters. The quantitative estimate of drug-likeness (QED) is 0.707. The molecular formula is C23H32N4O3S. The number of ether oxygens (including phenoxy) is 1. The second-order valence-corrected chi connectivity index (χ2v) is 10.5. The predicted molar refractivity (Wildman–Crippen MR) is 122 cm³/mol. The molecule has 1 aromatic carbocycles. The van der Waals surface area contributed by atoms with Gasteiger partial charge in [0.15, 0.2) is 0 Å². The molecule has 168 valence electrons. The smallest absolute Gasteiger partial charge is 0.225 e. The summed E-state index contributed by atoms with van der Waals surface area (Å²) in [5.41, 5.74) is 1.42. The normalized spacial score (nSPS) is 27.2. The number of anilines is 1. The molecule has 2 fully saturated rings. The van der Waals surface area contributed by atoms with Gasteiger partial charge >= 0.3 is 0 Å². The first-order valence-corrected chi connectivity index (χ1v) is 13.0. The van der Waals surface area contributed by atoms with Gasteiger partial charge in [-0.2, -0.15) is 0 Å². The summed E-state index contributed by atoms with van der Waals surface area (Å²) in [6, 6.07) is 12.4. The van der Waals surface area contributed by atoms with E-state index in [2.05, 4.69) is 49.9 Å². The zero-order chi connectivity index (χ0) is 21.7. The van der Waals surface area contributed by atoms with Crippen molar-refractivity contribution in [2.45, 2.75) is 50.2 Å². The van der Waals surface area contributed by atoms with Crippen LogP contribution in [0.5, 0.6) is 0 Å². The number of nitrogens with one attached hydrogen (secondary N) is 1. The highest BCUT2D eigenvalue weighted by Crippen LogP contribution is 2.34. The average Bonchev–Trinajstić information content (AvgIpc) is 2.79. The first-order chi connectivity index (χ1) is 15.0. The summed E-state index contributed by atoms with van der Waals surface area (Å²) in [6.45, 7) is 1.93. The molecule has 1 aliphatic carbocycles. The number of sulfonamides is 1. The van der Waals surface area contributed by atoms with Crippen molar-refractivity contribution in [3.05, 3.63) is 54.4 Å². The second-order valence-electron chi connectivity index (χ2n) is 8.76. The van der Waals surface area contributed by atoms with Gasteiger partial charge < -0.3 is 9.64 Å². The topological polar surface area (TPSA) is 84.4 Å². The Morgan fingerprint density at radius 1 is 1.03 bits per heavy atom. The first-order valence-electron chi connectivity index (χ1n) is 11.1. The fourth-order valence-electron chi connectivity index (χ4n) is 4.82. The van der Waals surface area contributed by atoms with Crippen molar-refractivity contribution in [3.8, 4) is 0 Å². The third-order valence-electron chi connectivity index (χ3n) is 6.43. The first kappa shape index (κ1) is 22.2. The number of piperidine rings is 1. The van der Waals surface area contributed by atoms with Crippen molar-refractivity contribution < 1.29 is 13.2 Å². The summed E-state index contributed by atoms with van der Waals surface area (Å²) in [6.07, 6.45) is 10.00. The Balaban J connectivity index is 1.34. The molecule has 8 heteroatoms. The molecule has 2 aromatic rings.